The average molecular weight is 167 g/mol. The normalized spacial score (nSPS) is 17.4. The Morgan fingerprint density at radius 1 is 1.67 bits per heavy atom. The molecule has 12 heavy (non-hydrogen) atoms. The second kappa shape index (κ2) is 2.63. The quantitative estimate of drug-likeness (QED) is 0.549. The van der Waals surface area contributed by atoms with E-state index >= 15 is 0 Å². The summed E-state index contributed by atoms with van der Waals surface area (Å²) in [5.41, 5.74) is 0. The van der Waals surface area contributed by atoms with Crippen molar-refractivity contribution in [3.05, 3.63) is 5.82 Å². The molecular formula is C6H9N5O. The Morgan fingerprint density at radius 3 is 2.83 bits per heavy atom. The molecule has 6 heteroatoms. The number of nitrogens with one attached hydrogen (secondary N) is 1. The summed E-state index contributed by atoms with van der Waals surface area (Å²) in [5, 5.41) is 14.1. The van der Waals surface area contributed by atoms with E-state index in [-0.39, 0.29) is 17.5 Å². The Labute approximate surface area is 68.9 Å². The maximum absolute atomic E-state index is 11.4. The van der Waals surface area contributed by atoms with Crippen LogP contribution in [0.3, 0.4) is 0 Å². The largest absolute Gasteiger partial charge is 0.315 e. The molecule has 1 saturated heterocycles. The summed E-state index contributed by atoms with van der Waals surface area (Å²) < 4.78 is 0. The van der Waals surface area contributed by atoms with Crippen molar-refractivity contribution in [2.75, 3.05) is 13.1 Å². The van der Waals surface area contributed by atoms with Crippen LogP contribution in [-0.2, 0) is 7.05 Å². The van der Waals surface area contributed by atoms with E-state index in [0.29, 0.717) is 0 Å². The van der Waals surface area contributed by atoms with Crippen molar-refractivity contribution in [1.82, 2.24) is 25.5 Å². The predicted octanol–water partition coefficient (Wildman–Crippen LogP) is -1.39. The van der Waals surface area contributed by atoms with Crippen molar-refractivity contribution < 1.29 is 4.79 Å². The number of aromatic nitrogens is 4. The van der Waals surface area contributed by atoms with E-state index in [4.69, 9.17) is 0 Å². The van der Waals surface area contributed by atoms with Crippen LogP contribution in [0.4, 0.5) is 0 Å². The van der Waals surface area contributed by atoms with Gasteiger partial charge in [0.25, 0.3) is 0 Å². The molecule has 0 bridgehead atoms. The van der Waals surface area contributed by atoms with Gasteiger partial charge in [-0.1, -0.05) is 0 Å². The summed E-state index contributed by atoms with van der Waals surface area (Å²) in [7, 11) is 1.64. The minimum atomic E-state index is -0.0122. The fraction of sp³-hybridized carbons (Fsp3) is 0.667. The molecule has 0 radical (unpaired) electrons. The summed E-state index contributed by atoms with van der Waals surface area (Å²) in [6.45, 7) is 1.47. The van der Waals surface area contributed by atoms with Crippen LogP contribution < -0.4 is 5.32 Å². The Morgan fingerprint density at radius 2 is 2.42 bits per heavy atom. The fourth-order valence-electron chi connectivity index (χ4n) is 1.04. The van der Waals surface area contributed by atoms with Crippen LogP contribution in [0.25, 0.3) is 0 Å². The Kier molecular flexibility index (Phi) is 1.61. The van der Waals surface area contributed by atoms with E-state index in [2.05, 4.69) is 20.7 Å². The monoisotopic (exact) mass is 167 g/mol. The third kappa shape index (κ3) is 1.10. The number of rotatable bonds is 2. The van der Waals surface area contributed by atoms with E-state index in [1.807, 2.05) is 0 Å². The lowest BCUT2D eigenvalue weighted by molar-refractivity contribution is 0.0866. The van der Waals surface area contributed by atoms with Gasteiger partial charge in [0, 0.05) is 13.1 Å². The average Bonchev–Trinajstić information content (AvgIpc) is 2.31. The zero-order chi connectivity index (χ0) is 8.55. The maximum Gasteiger partial charge on any atom is 0.240 e. The molecular weight excluding hydrogens is 158 g/mol. The molecule has 0 saturated carbocycles. The third-order valence-electron chi connectivity index (χ3n) is 1.88. The molecule has 6 nitrogen and oxygen atoms in total. The number of hydrogen-bond acceptors (Lipinski definition) is 5. The molecule has 0 amide bonds. The van der Waals surface area contributed by atoms with Crippen molar-refractivity contribution in [2.45, 2.75) is 0 Å². The van der Waals surface area contributed by atoms with Gasteiger partial charge in [0.2, 0.25) is 11.6 Å². The first-order valence-corrected chi connectivity index (χ1v) is 3.76. The number of tetrazole rings is 1. The van der Waals surface area contributed by atoms with Gasteiger partial charge in [-0.3, -0.25) is 4.79 Å². The molecule has 1 aromatic rings. The van der Waals surface area contributed by atoms with Crippen LogP contribution in [0, 0.1) is 5.92 Å². The van der Waals surface area contributed by atoms with E-state index in [0.717, 1.165) is 13.1 Å². The van der Waals surface area contributed by atoms with Crippen LogP contribution in [0.2, 0.25) is 0 Å². The zero-order valence-electron chi connectivity index (χ0n) is 6.69. The Bertz CT molecular complexity index is 303. The van der Waals surface area contributed by atoms with Gasteiger partial charge in [-0.15, -0.1) is 10.2 Å². The molecule has 0 aromatic carbocycles. The second-order valence-electron chi connectivity index (χ2n) is 2.82. The number of carbonyl (C=O) groups is 1. The van der Waals surface area contributed by atoms with Gasteiger partial charge < -0.3 is 5.32 Å². The molecule has 1 fully saturated rings. The highest BCUT2D eigenvalue weighted by Gasteiger charge is 2.28. The van der Waals surface area contributed by atoms with E-state index < -0.39 is 0 Å². The van der Waals surface area contributed by atoms with Crippen molar-refractivity contribution >= 4 is 5.78 Å². The molecule has 2 heterocycles. The van der Waals surface area contributed by atoms with Crippen molar-refractivity contribution in [3.8, 4) is 0 Å². The lowest BCUT2D eigenvalue weighted by Gasteiger charge is -2.23. The molecule has 2 rings (SSSR count). The molecule has 0 atom stereocenters. The Hall–Kier alpha value is -1.30. The first-order chi connectivity index (χ1) is 5.77. The molecule has 0 aliphatic carbocycles. The molecule has 0 unspecified atom stereocenters. The highest BCUT2D eigenvalue weighted by Crippen LogP contribution is 2.08. The zero-order valence-corrected chi connectivity index (χ0v) is 6.69. The molecule has 1 aliphatic rings. The van der Waals surface area contributed by atoms with E-state index in [9.17, 15) is 4.79 Å². The van der Waals surface area contributed by atoms with Crippen LogP contribution in [-0.4, -0.2) is 39.1 Å². The third-order valence-corrected chi connectivity index (χ3v) is 1.88. The first kappa shape index (κ1) is 7.35. The number of nitrogens with zero attached hydrogens (tertiary/aromatic N) is 4. The van der Waals surface area contributed by atoms with Gasteiger partial charge >= 0.3 is 0 Å². The first-order valence-electron chi connectivity index (χ1n) is 3.76. The summed E-state index contributed by atoms with van der Waals surface area (Å²) in [4.78, 5) is 12.7. The minimum absolute atomic E-state index is 0.0122. The topological polar surface area (TPSA) is 72.7 Å². The van der Waals surface area contributed by atoms with Gasteiger partial charge in [0.15, 0.2) is 0 Å². The van der Waals surface area contributed by atoms with Gasteiger partial charge in [-0.05, 0) is 5.21 Å². The fourth-order valence-corrected chi connectivity index (χ4v) is 1.04. The molecule has 1 aromatic heterocycles. The highest BCUT2D eigenvalue weighted by atomic mass is 16.1. The SMILES string of the molecule is Cn1nnc(C(=O)C2CNC2)n1. The van der Waals surface area contributed by atoms with Crippen molar-refractivity contribution in [3.63, 3.8) is 0 Å². The number of ketones is 1. The van der Waals surface area contributed by atoms with Crippen LogP contribution >= 0.6 is 0 Å². The van der Waals surface area contributed by atoms with Crippen molar-refractivity contribution in [1.29, 1.82) is 0 Å². The summed E-state index contributed by atoms with van der Waals surface area (Å²) >= 11 is 0. The maximum atomic E-state index is 11.4. The number of hydrogen-bond donors (Lipinski definition) is 1. The lowest BCUT2D eigenvalue weighted by atomic mass is 9.98. The van der Waals surface area contributed by atoms with Gasteiger partial charge in [0.05, 0.1) is 13.0 Å². The minimum Gasteiger partial charge on any atom is -0.315 e. The molecule has 1 N–H and O–H groups in total. The standard InChI is InChI=1S/C6H9N5O/c1-11-9-6(8-10-11)5(12)4-2-7-3-4/h4,7H,2-3H2,1H3. The predicted molar refractivity (Wildman–Crippen MR) is 39.5 cm³/mol. The van der Waals surface area contributed by atoms with Crippen LogP contribution in [0.5, 0.6) is 0 Å². The number of Topliss-reactive ketones (excluding diaryl/α,β-unsaturated/α-hetero) is 1. The molecule has 1 aliphatic heterocycles. The highest BCUT2D eigenvalue weighted by molar-refractivity contribution is 5.95. The number of carbonyl (C=O) groups excluding carboxylic acids is 1. The number of aryl methyl sites for hydroxylation is 1. The van der Waals surface area contributed by atoms with E-state index in [1.165, 1.54) is 4.80 Å². The van der Waals surface area contributed by atoms with Gasteiger partial charge in [-0.25, -0.2) is 0 Å². The van der Waals surface area contributed by atoms with Crippen molar-refractivity contribution in [2.24, 2.45) is 13.0 Å². The van der Waals surface area contributed by atoms with Gasteiger partial charge in [0.1, 0.15) is 0 Å². The van der Waals surface area contributed by atoms with Crippen LogP contribution in [0.1, 0.15) is 10.6 Å². The van der Waals surface area contributed by atoms with Crippen LogP contribution in [0.15, 0.2) is 0 Å². The van der Waals surface area contributed by atoms with E-state index in [1.54, 1.807) is 7.05 Å². The summed E-state index contributed by atoms with van der Waals surface area (Å²) in [6.07, 6.45) is 0. The lowest BCUT2D eigenvalue weighted by Crippen LogP contribution is -2.46. The second-order valence-corrected chi connectivity index (χ2v) is 2.82. The molecule has 0 spiro atoms. The smallest absolute Gasteiger partial charge is 0.240 e. The van der Waals surface area contributed by atoms with Gasteiger partial charge in [-0.2, -0.15) is 4.80 Å². The molecule has 64 valence electrons. The Balaban J connectivity index is 2.13. The summed E-state index contributed by atoms with van der Waals surface area (Å²) in [5.74, 6) is 0.264. The summed E-state index contributed by atoms with van der Waals surface area (Å²) in [6, 6.07) is 0.